The molecule has 7 atom stereocenters. The largest absolute Gasteiger partial charge is 0.339 e. The number of rotatable bonds is 4. The highest BCUT2D eigenvalue weighted by Crippen LogP contribution is 2.69. The maximum atomic E-state index is 12.9. The van der Waals surface area contributed by atoms with E-state index in [-0.39, 0.29) is 6.04 Å². The minimum atomic E-state index is -0.952. The number of hydrogen-bond donors (Lipinski definition) is 0. The molecule has 1 unspecified atom stereocenters. The Hall–Kier alpha value is -1.16. The zero-order valence-electron chi connectivity index (χ0n) is 14.1. The molecule has 0 N–H and O–H groups in total. The Bertz CT molecular complexity index is 640. The lowest BCUT2D eigenvalue weighted by atomic mass is 10.0. The number of carbonyl (C=O) groups excluding carboxylic acids is 1. The average molecular weight is 331 g/mol. The molecule has 1 aromatic rings. The molecule has 3 aliphatic carbocycles. The SMILES string of the molecule is C[C@H](c1ccc([S@@](C)=O)cc1)N(C)C(=O)C1[C@@H]2[C@H]3CC[C@@H](C3)[C@H]12. The summed E-state index contributed by atoms with van der Waals surface area (Å²) in [5.41, 5.74) is 1.11. The second-order valence-electron chi connectivity index (χ2n) is 7.66. The first-order chi connectivity index (χ1) is 11.0. The second-order valence-corrected chi connectivity index (χ2v) is 9.04. The van der Waals surface area contributed by atoms with Gasteiger partial charge >= 0.3 is 0 Å². The summed E-state index contributed by atoms with van der Waals surface area (Å²) in [4.78, 5) is 15.7. The summed E-state index contributed by atoms with van der Waals surface area (Å²) in [6.45, 7) is 2.09. The van der Waals surface area contributed by atoms with Crippen molar-refractivity contribution < 1.29 is 9.00 Å². The maximum Gasteiger partial charge on any atom is 0.226 e. The molecule has 4 rings (SSSR count). The van der Waals surface area contributed by atoms with Gasteiger partial charge in [-0.05, 0) is 67.6 Å². The van der Waals surface area contributed by atoms with Gasteiger partial charge in [-0.2, -0.15) is 0 Å². The lowest BCUT2D eigenvalue weighted by Crippen LogP contribution is -2.32. The van der Waals surface area contributed by atoms with Crippen molar-refractivity contribution in [2.75, 3.05) is 13.3 Å². The van der Waals surface area contributed by atoms with Crippen LogP contribution in [0.3, 0.4) is 0 Å². The van der Waals surface area contributed by atoms with E-state index >= 15 is 0 Å². The molecular formula is C19H25NO2S. The molecule has 0 aliphatic heterocycles. The van der Waals surface area contributed by atoms with E-state index in [0.29, 0.717) is 23.7 Å². The fourth-order valence-corrected chi connectivity index (χ4v) is 5.76. The van der Waals surface area contributed by atoms with Crippen LogP contribution in [0, 0.1) is 29.6 Å². The minimum Gasteiger partial charge on any atom is -0.339 e. The molecule has 3 aliphatic rings. The standard InChI is InChI=1S/C19H25NO2S/c1-11(12-6-8-15(9-7-12)23(3)22)20(2)19(21)18-16-13-4-5-14(10-13)17(16)18/h6-9,11,13-14,16-18H,4-5,10H2,1-3H3/t11-,13+,14+,16-,17+,18?,23-/m1/s1. The molecule has 0 aromatic heterocycles. The van der Waals surface area contributed by atoms with Crippen LogP contribution in [0.4, 0.5) is 0 Å². The Labute approximate surface area is 140 Å². The van der Waals surface area contributed by atoms with Crippen molar-refractivity contribution in [3.8, 4) is 0 Å². The minimum absolute atomic E-state index is 0.0702. The van der Waals surface area contributed by atoms with Gasteiger partial charge in [0.15, 0.2) is 0 Å². The molecule has 3 fully saturated rings. The zero-order chi connectivity index (χ0) is 16.3. The Morgan fingerprint density at radius 1 is 1.17 bits per heavy atom. The van der Waals surface area contributed by atoms with Crippen LogP contribution in [0.1, 0.15) is 37.8 Å². The molecule has 0 heterocycles. The molecule has 1 aromatic carbocycles. The van der Waals surface area contributed by atoms with Crippen LogP contribution in [-0.4, -0.2) is 28.3 Å². The Balaban J connectivity index is 1.45. The van der Waals surface area contributed by atoms with Gasteiger partial charge in [0.1, 0.15) is 0 Å². The van der Waals surface area contributed by atoms with Gasteiger partial charge in [0.25, 0.3) is 0 Å². The monoisotopic (exact) mass is 331 g/mol. The summed E-state index contributed by atoms with van der Waals surface area (Å²) < 4.78 is 11.5. The molecule has 3 saturated carbocycles. The van der Waals surface area contributed by atoms with Crippen LogP contribution >= 0.6 is 0 Å². The molecule has 4 heteroatoms. The van der Waals surface area contributed by atoms with E-state index in [9.17, 15) is 9.00 Å². The number of hydrogen-bond acceptors (Lipinski definition) is 2. The topological polar surface area (TPSA) is 37.4 Å². The fraction of sp³-hybridized carbons (Fsp3) is 0.632. The highest BCUT2D eigenvalue weighted by molar-refractivity contribution is 7.84. The molecule has 23 heavy (non-hydrogen) atoms. The first-order valence-electron chi connectivity index (χ1n) is 8.69. The smallest absolute Gasteiger partial charge is 0.226 e. The molecule has 1 amide bonds. The number of nitrogens with zero attached hydrogens (tertiary/aromatic N) is 1. The zero-order valence-corrected chi connectivity index (χ0v) is 14.9. The number of fused-ring (bicyclic) bond motifs is 5. The van der Waals surface area contributed by atoms with Gasteiger partial charge in [-0.3, -0.25) is 9.00 Å². The van der Waals surface area contributed by atoms with Crippen LogP contribution in [0.5, 0.6) is 0 Å². The molecule has 0 spiro atoms. The molecule has 0 saturated heterocycles. The van der Waals surface area contributed by atoms with Crippen LogP contribution in [0.25, 0.3) is 0 Å². The molecule has 3 nitrogen and oxygen atoms in total. The van der Waals surface area contributed by atoms with E-state index in [1.54, 1.807) is 6.26 Å². The second kappa shape index (κ2) is 5.44. The summed E-state index contributed by atoms with van der Waals surface area (Å²) in [7, 11) is 0.987. The van der Waals surface area contributed by atoms with Crippen molar-refractivity contribution in [2.24, 2.45) is 29.6 Å². The number of carbonyl (C=O) groups is 1. The fourth-order valence-electron chi connectivity index (χ4n) is 5.24. The third-order valence-corrected chi connectivity index (χ3v) is 7.58. The summed E-state index contributed by atoms with van der Waals surface area (Å²) >= 11 is 0. The first-order valence-corrected chi connectivity index (χ1v) is 10.2. The Morgan fingerprint density at radius 3 is 2.26 bits per heavy atom. The van der Waals surface area contributed by atoms with Gasteiger partial charge in [-0.1, -0.05) is 12.1 Å². The van der Waals surface area contributed by atoms with E-state index in [2.05, 4.69) is 6.92 Å². The lowest BCUT2D eigenvalue weighted by molar-refractivity contribution is -0.134. The van der Waals surface area contributed by atoms with E-state index in [1.165, 1.54) is 19.3 Å². The molecule has 0 radical (unpaired) electrons. The average Bonchev–Trinajstić information content (AvgIpc) is 2.99. The van der Waals surface area contributed by atoms with Gasteiger partial charge in [0.05, 0.1) is 6.04 Å². The summed E-state index contributed by atoms with van der Waals surface area (Å²) in [6, 6.07) is 7.89. The van der Waals surface area contributed by atoms with Gasteiger partial charge in [0, 0.05) is 34.9 Å². The number of benzene rings is 1. The molecule has 124 valence electrons. The predicted molar refractivity (Wildman–Crippen MR) is 91.3 cm³/mol. The third kappa shape index (κ3) is 2.37. The normalized spacial score (nSPS) is 36.4. The molecule has 2 bridgehead atoms. The highest BCUT2D eigenvalue weighted by atomic mass is 32.2. The van der Waals surface area contributed by atoms with E-state index in [4.69, 9.17) is 0 Å². The van der Waals surface area contributed by atoms with Crippen LogP contribution < -0.4 is 0 Å². The quantitative estimate of drug-likeness (QED) is 0.849. The van der Waals surface area contributed by atoms with Crippen LogP contribution in [0.15, 0.2) is 29.2 Å². The van der Waals surface area contributed by atoms with Gasteiger partial charge < -0.3 is 4.90 Å². The number of amides is 1. The van der Waals surface area contributed by atoms with Crippen molar-refractivity contribution in [3.05, 3.63) is 29.8 Å². The molecular weight excluding hydrogens is 306 g/mol. The van der Waals surface area contributed by atoms with Crippen molar-refractivity contribution in [3.63, 3.8) is 0 Å². The maximum absolute atomic E-state index is 12.9. The highest BCUT2D eigenvalue weighted by Gasteiger charge is 2.67. The van der Waals surface area contributed by atoms with E-state index < -0.39 is 10.8 Å². The van der Waals surface area contributed by atoms with Crippen molar-refractivity contribution in [2.45, 2.75) is 37.1 Å². The Kier molecular flexibility index (Phi) is 3.63. The van der Waals surface area contributed by atoms with E-state index in [1.807, 2.05) is 36.2 Å². The predicted octanol–water partition coefficient (Wildman–Crippen LogP) is 3.24. The van der Waals surface area contributed by atoms with Crippen LogP contribution in [0.2, 0.25) is 0 Å². The van der Waals surface area contributed by atoms with Gasteiger partial charge in [-0.15, -0.1) is 0 Å². The Morgan fingerprint density at radius 2 is 1.74 bits per heavy atom. The van der Waals surface area contributed by atoms with Crippen LogP contribution in [-0.2, 0) is 15.6 Å². The summed E-state index contributed by atoms with van der Waals surface area (Å²) in [6.07, 6.45) is 5.78. The van der Waals surface area contributed by atoms with Gasteiger partial charge in [0.2, 0.25) is 5.91 Å². The first kappa shape index (κ1) is 15.4. The van der Waals surface area contributed by atoms with E-state index in [0.717, 1.165) is 22.3 Å². The van der Waals surface area contributed by atoms with Crippen molar-refractivity contribution in [1.82, 2.24) is 4.90 Å². The van der Waals surface area contributed by atoms with Crippen molar-refractivity contribution in [1.29, 1.82) is 0 Å². The van der Waals surface area contributed by atoms with Crippen molar-refractivity contribution >= 4 is 16.7 Å². The van der Waals surface area contributed by atoms with Gasteiger partial charge in [-0.25, -0.2) is 0 Å². The summed E-state index contributed by atoms with van der Waals surface area (Å²) in [5, 5.41) is 0. The lowest BCUT2D eigenvalue weighted by Gasteiger charge is -2.26. The third-order valence-electron chi connectivity index (χ3n) is 6.64. The summed E-state index contributed by atoms with van der Waals surface area (Å²) in [5.74, 6) is 3.70.